The summed E-state index contributed by atoms with van der Waals surface area (Å²) >= 11 is 0. The number of nitrogens with zero attached hydrogens (tertiary/aromatic N) is 1. The van der Waals surface area contributed by atoms with Crippen LogP contribution in [-0.4, -0.2) is 36.6 Å². The maximum atomic E-state index is 3.68. The first-order chi connectivity index (χ1) is 8.77. The number of hydrogen-bond donors (Lipinski definition) is 1. The molecule has 2 nitrogen and oxygen atoms in total. The van der Waals surface area contributed by atoms with E-state index in [0.717, 1.165) is 6.04 Å². The zero-order valence-electron chi connectivity index (χ0n) is 12.9. The Kier molecular flexibility index (Phi) is 8.70. The van der Waals surface area contributed by atoms with Crippen LogP contribution in [0.25, 0.3) is 0 Å². The van der Waals surface area contributed by atoms with Crippen LogP contribution < -0.4 is 5.32 Å². The van der Waals surface area contributed by atoms with Crippen molar-refractivity contribution in [3.8, 4) is 0 Å². The van der Waals surface area contributed by atoms with Crippen molar-refractivity contribution in [3.63, 3.8) is 0 Å². The Morgan fingerprint density at radius 3 is 2.44 bits per heavy atom. The molecule has 1 N–H and O–H groups in total. The van der Waals surface area contributed by atoms with Gasteiger partial charge in [-0.05, 0) is 32.7 Å². The fourth-order valence-electron chi connectivity index (χ4n) is 2.65. The van der Waals surface area contributed by atoms with Crippen molar-refractivity contribution in [2.75, 3.05) is 19.6 Å². The van der Waals surface area contributed by atoms with Crippen LogP contribution in [0.2, 0.25) is 0 Å². The number of unbranched alkanes of at least 4 members (excludes halogenated alkanes) is 4. The molecule has 0 heterocycles. The van der Waals surface area contributed by atoms with Crippen LogP contribution >= 0.6 is 0 Å². The molecule has 1 aliphatic carbocycles. The van der Waals surface area contributed by atoms with E-state index < -0.39 is 0 Å². The van der Waals surface area contributed by atoms with E-state index in [1.54, 1.807) is 0 Å². The second-order valence-corrected chi connectivity index (χ2v) is 5.92. The third kappa shape index (κ3) is 7.38. The number of nitrogens with one attached hydrogen (secondary N) is 1. The molecular weight excluding hydrogens is 220 g/mol. The van der Waals surface area contributed by atoms with E-state index in [2.05, 4.69) is 31.0 Å². The summed E-state index contributed by atoms with van der Waals surface area (Å²) in [6.45, 7) is 10.5. The molecule has 2 heteroatoms. The largest absolute Gasteiger partial charge is 0.313 e. The van der Waals surface area contributed by atoms with Crippen molar-refractivity contribution in [1.29, 1.82) is 0 Å². The normalized spacial score (nSPS) is 17.3. The number of hydrogen-bond acceptors (Lipinski definition) is 2. The van der Waals surface area contributed by atoms with E-state index in [-0.39, 0.29) is 0 Å². The molecule has 1 aliphatic rings. The predicted molar refractivity (Wildman–Crippen MR) is 81.1 cm³/mol. The van der Waals surface area contributed by atoms with Gasteiger partial charge in [-0.15, -0.1) is 0 Å². The Bertz CT molecular complexity index is 190. The number of likely N-dealkylation sites (N-methyl/N-ethyl adjacent to an activating group) is 1. The quantitative estimate of drug-likeness (QED) is 0.533. The average molecular weight is 254 g/mol. The van der Waals surface area contributed by atoms with Crippen LogP contribution in [0, 0.1) is 0 Å². The molecule has 0 spiro atoms. The molecule has 18 heavy (non-hydrogen) atoms. The van der Waals surface area contributed by atoms with Crippen molar-refractivity contribution in [2.45, 2.75) is 84.2 Å². The third-order valence-corrected chi connectivity index (χ3v) is 4.10. The van der Waals surface area contributed by atoms with Crippen molar-refractivity contribution in [3.05, 3.63) is 0 Å². The van der Waals surface area contributed by atoms with E-state index >= 15 is 0 Å². The highest BCUT2D eigenvalue weighted by molar-refractivity contribution is 4.84. The van der Waals surface area contributed by atoms with Gasteiger partial charge < -0.3 is 5.32 Å². The molecule has 0 aromatic rings. The van der Waals surface area contributed by atoms with Crippen molar-refractivity contribution < 1.29 is 0 Å². The molecule has 0 aromatic carbocycles. The topological polar surface area (TPSA) is 15.3 Å². The summed E-state index contributed by atoms with van der Waals surface area (Å²) in [5.41, 5.74) is 0. The van der Waals surface area contributed by atoms with Crippen LogP contribution in [0.3, 0.4) is 0 Å². The lowest BCUT2D eigenvalue weighted by Gasteiger charge is -2.21. The van der Waals surface area contributed by atoms with Gasteiger partial charge in [0.2, 0.25) is 0 Å². The van der Waals surface area contributed by atoms with Crippen LogP contribution in [0.5, 0.6) is 0 Å². The second-order valence-electron chi connectivity index (χ2n) is 5.92. The molecule has 0 bridgehead atoms. The van der Waals surface area contributed by atoms with E-state index in [4.69, 9.17) is 0 Å². The summed E-state index contributed by atoms with van der Waals surface area (Å²) in [4.78, 5) is 2.63. The predicted octanol–water partition coefficient (Wildman–Crippen LogP) is 3.81. The minimum Gasteiger partial charge on any atom is -0.313 e. The highest BCUT2D eigenvalue weighted by Crippen LogP contribution is 2.25. The Hall–Kier alpha value is -0.0800. The van der Waals surface area contributed by atoms with Crippen LogP contribution in [0.4, 0.5) is 0 Å². The lowest BCUT2D eigenvalue weighted by molar-refractivity contribution is 0.271. The molecule has 1 fully saturated rings. The highest BCUT2D eigenvalue weighted by Gasteiger charge is 2.27. The van der Waals surface area contributed by atoms with Gasteiger partial charge in [0, 0.05) is 25.2 Å². The van der Waals surface area contributed by atoms with Gasteiger partial charge in [-0.2, -0.15) is 0 Å². The minimum absolute atomic E-state index is 0.699. The van der Waals surface area contributed by atoms with Gasteiger partial charge >= 0.3 is 0 Å². The van der Waals surface area contributed by atoms with Gasteiger partial charge in [0.15, 0.2) is 0 Å². The average Bonchev–Trinajstić information content (AvgIpc) is 3.19. The Morgan fingerprint density at radius 2 is 1.83 bits per heavy atom. The fraction of sp³-hybridized carbons (Fsp3) is 1.00. The zero-order valence-corrected chi connectivity index (χ0v) is 12.9. The van der Waals surface area contributed by atoms with Crippen molar-refractivity contribution >= 4 is 0 Å². The van der Waals surface area contributed by atoms with Gasteiger partial charge in [0.25, 0.3) is 0 Å². The lowest BCUT2D eigenvalue weighted by atomic mass is 10.1. The summed E-state index contributed by atoms with van der Waals surface area (Å²) in [5.74, 6) is 0. The molecule has 1 unspecified atom stereocenters. The Balaban J connectivity index is 1.90. The molecule has 0 aromatic heterocycles. The molecule has 0 aliphatic heterocycles. The first-order valence-corrected chi connectivity index (χ1v) is 8.25. The molecule has 1 saturated carbocycles. The monoisotopic (exact) mass is 254 g/mol. The summed E-state index contributed by atoms with van der Waals surface area (Å²) in [6.07, 6.45) is 11.2. The van der Waals surface area contributed by atoms with Gasteiger partial charge in [-0.3, -0.25) is 4.90 Å². The minimum atomic E-state index is 0.699. The molecule has 108 valence electrons. The van der Waals surface area contributed by atoms with Crippen molar-refractivity contribution in [2.24, 2.45) is 0 Å². The third-order valence-electron chi connectivity index (χ3n) is 4.10. The maximum Gasteiger partial charge on any atom is 0.0110 e. The molecule has 0 radical (unpaired) electrons. The van der Waals surface area contributed by atoms with E-state index in [0.29, 0.717) is 6.04 Å². The standard InChI is InChI=1S/C16H34N2/c1-4-6-7-8-9-10-15(3)17-13-14-18(5-2)16-11-12-16/h15-17H,4-14H2,1-3H3. The fourth-order valence-corrected chi connectivity index (χ4v) is 2.65. The van der Waals surface area contributed by atoms with Gasteiger partial charge in [0.05, 0.1) is 0 Å². The summed E-state index contributed by atoms with van der Waals surface area (Å²) < 4.78 is 0. The van der Waals surface area contributed by atoms with Crippen LogP contribution in [0.15, 0.2) is 0 Å². The first-order valence-electron chi connectivity index (χ1n) is 8.25. The first kappa shape index (κ1) is 16.0. The van der Waals surface area contributed by atoms with Gasteiger partial charge in [0.1, 0.15) is 0 Å². The van der Waals surface area contributed by atoms with Crippen LogP contribution in [-0.2, 0) is 0 Å². The summed E-state index contributed by atoms with van der Waals surface area (Å²) in [6, 6.07) is 1.62. The maximum absolute atomic E-state index is 3.68. The highest BCUT2D eigenvalue weighted by atomic mass is 15.2. The summed E-state index contributed by atoms with van der Waals surface area (Å²) in [7, 11) is 0. The SMILES string of the molecule is CCCCCCCC(C)NCCN(CC)C1CC1. The van der Waals surface area contributed by atoms with Gasteiger partial charge in [-0.1, -0.05) is 46.0 Å². The Labute approximate surface area is 115 Å². The number of rotatable bonds is 12. The summed E-state index contributed by atoms with van der Waals surface area (Å²) in [5, 5.41) is 3.68. The van der Waals surface area contributed by atoms with Crippen LogP contribution in [0.1, 0.15) is 72.1 Å². The molecule has 1 atom stereocenters. The van der Waals surface area contributed by atoms with E-state index in [1.165, 1.54) is 71.0 Å². The van der Waals surface area contributed by atoms with E-state index in [9.17, 15) is 0 Å². The molecule has 0 saturated heterocycles. The molecular formula is C16H34N2. The lowest BCUT2D eigenvalue weighted by Crippen LogP contribution is -2.37. The smallest absolute Gasteiger partial charge is 0.0110 e. The molecule has 0 amide bonds. The molecule has 1 rings (SSSR count). The van der Waals surface area contributed by atoms with Gasteiger partial charge in [-0.25, -0.2) is 0 Å². The zero-order chi connectivity index (χ0) is 13.2. The second kappa shape index (κ2) is 9.80. The Morgan fingerprint density at radius 1 is 1.11 bits per heavy atom. The van der Waals surface area contributed by atoms with Crippen molar-refractivity contribution in [1.82, 2.24) is 10.2 Å². The van der Waals surface area contributed by atoms with E-state index in [1.807, 2.05) is 0 Å².